The first kappa shape index (κ1) is 22.9. The van der Waals surface area contributed by atoms with Gasteiger partial charge in [0.15, 0.2) is 11.5 Å². The van der Waals surface area contributed by atoms with Crippen molar-refractivity contribution in [2.75, 3.05) is 33.3 Å². The summed E-state index contributed by atoms with van der Waals surface area (Å²) in [6, 6.07) is 19.0. The molecular weight excluding hydrogens is 444 g/mol. The van der Waals surface area contributed by atoms with Gasteiger partial charge in [0.05, 0.1) is 12.0 Å². The normalized spacial score (nSPS) is 14.9. The molecule has 1 saturated carbocycles. The minimum absolute atomic E-state index is 0. The highest BCUT2D eigenvalue weighted by molar-refractivity contribution is 6.02. The number of hydrogen-bond acceptors (Lipinski definition) is 5. The van der Waals surface area contributed by atoms with Crippen molar-refractivity contribution in [1.82, 2.24) is 4.90 Å². The number of nitrogens with zero attached hydrogens (tertiary/aromatic N) is 1. The summed E-state index contributed by atoms with van der Waals surface area (Å²) in [5.41, 5.74) is 4.61. The van der Waals surface area contributed by atoms with Gasteiger partial charge in [-0.3, -0.25) is 9.59 Å². The molecule has 3 aromatic carbocycles. The molecule has 2 aliphatic rings. The van der Waals surface area contributed by atoms with Crippen molar-refractivity contribution in [3.05, 3.63) is 77.4 Å². The van der Waals surface area contributed by atoms with Crippen LogP contribution in [0.4, 0.5) is 5.69 Å². The van der Waals surface area contributed by atoms with Gasteiger partial charge in [0, 0.05) is 33.9 Å². The number of benzene rings is 3. The van der Waals surface area contributed by atoms with E-state index in [-0.39, 0.29) is 20.0 Å². The van der Waals surface area contributed by atoms with E-state index in [2.05, 4.69) is 5.32 Å². The van der Waals surface area contributed by atoms with E-state index in [9.17, 15) is 9.59 Å². The molecule has 1 aliphatic carbocycles. The number of ether oxygens (including phenoxy) is 3. The molecule has 1 fully saturated rings. The van der Waals surface area contributed by atoms with Crippen LogP contribution >= 0.6 is 0 Å². The lowest BCUT2D eigenvalue weighted by molar-refractivity contribution is -0.118. The van der Waals surface area contributed by atoms with Crippen LogP contribution in [-0.2, 0) is 21.6 Å². The van der Waals surface area contributed by atoms with Crippen LogP contribution in [0, 0.1) is 0 Å². The fourth-order valence-corrected chi connectivity index (χ4v) is 4.47. The third kappa shape index (κ3) is 4.35. The van der Waals surface area contributed by atoms with E-state index in [1.54, 1.807) is 26.1 Å². The maximum absolute atomic E-state index is 13.4. The summed E-state index contributed by atoms with van der Waals surface area (Å²) in [5, 5.41) is 3.12. The largest absolute Gasteiger partial charge is 0.454 e. The third-order valence-electron chi connectivity index (χ3n) is 6.63. The van der Waals surface area contributed by atoms with Gasteiger partial charge < -0.3 is 24.4 Å². The second-order valence-corrected chi connectivity index (χ2v) is 9.19. The van der Waals surface area contributed by atoms with E-state index in [1.807, 2.05) is 60.7 Å². The first-order valence-electron chi connectivity index (χ1n) is 11.6. The maximum Gasteiger partial charge on any atom is 0.253 e. The van der Waals surface area contributed by atoms with Crippen LogP contribution < -0.4 is 14.8 Å². The monoisotopic (exact) mass is 474 g/mol. The summed E-state index contributed by atoms with van der Waals surface area (Å²) in [5.74, 6) is 1.31. The Bertz CT molecular complexity index is 1290. The van der Waals surface area contributed by atoms with Crippen LogP contribution in [0.25, 0.3) is 11.1 Å². The second kappa shape index (κ2) is 9.07. The molecule has 1 aliphatic heterocycles. The molecule has 0 spiro atoms. The third-order valence-corrected chi connectivity index (χ3v) is 6.63. The van der Waals surface area contributed by atoms with Crippen LogP contribution in [0.2, 0.25) is 0 Å². The Labute approximate surface area is 206 Å². The Hall–Kier alpha value is -3.84. The lowest BCUT2D eigenvalue weighted by Gasteiger charge is -2.18. The number of methoxy groups -OCH3 is 1. The Morgan fingerprint density at radius 3 is 2.43 bits per heavy atom. The summed E-state index contributed by atoms with van der Waals surface area (Å²) in [7, 11) is 5.12. The van der Waals surface area contributed by atoms with E-state index >= 15 is 0 Å². The summed E-state index contributed by atoms with van der Waals surface area (Å²) in [6.07, 6.45) is 1.57. The Morgan fingerprint density at radius 1 is 1.00 bits per heavy atom. The Kier molecular flexibility index (Phi) is 5.94. The predicted molar refractivity (Wildman–Crippen MR) is 135 cm³/mol. The highest BCUT2D eigenvalue weighted by atomic mass is 16.7. The van der Waals surface area contributed by atoms with Crippen molar-refractivity contribution in [3.8, 4) is 22.6 Å². The number of amides is 2. The van der Waals surface area contributed by atoms with E-state index in [0.29, 0.717) is 29.4 Å². The van der Waals surface area contributed by atoms with Gasteiger partial charge in [0.2, 0.25) is 12.7 Å². The predicted octanol–water partition coefficient (Wildman–Crippen LogP) is 4.85. The number of rotatable bonds is 7. The van der Waals surface area contributed by atoms with Crippen molar-refractivity contribution < 1.29 is 25.2 Å². The SMILES string of the molecule is COCc1ccc(NC(=O)C2(c3ccc4c(c3)OCO4)CC2)cc1-c1ccc(C(=O)N(C)C)cc1.[HH]. The van der Waals surface area contributed by atoms with E-state index in [1.165, 1.54) is 0 Å². The van der Waals surface area contributed by atoms with E-state index < -0.39 is 5.41 Å². The fraction of sp³-hybridized carbons (Fsp3) is 0.286. The van der Waals surface area contributed by atoms with Crippen LogP contribution in [-0.4, -0.2) is 44.7 Å². The first-order chi connectivity index (χ1) is 16.9. The average molecular weight is 475 g/mol. The van der Waals surface area contributed by atoms with Gasteiger partial charge in [-0.2, -0.15) is 0 Å². The molecule has 0 radical (unpaired) electrons. The second-order valence-electron chi connectivity index (χ2n) is 9.19. The van der Waals surface area contributed by atoms with Gasteiger partial charge >= 0.3 is 0 Å². The van der Waals surface area contributed by atoms with Crippen molar-refractivity contribution in [2.24, 2.45) is 0 Å². The first-order valence-corrected chi connectivity index (χ1v) is 11.6. The molecule has 0 unspecified atom stereocenters. The fourth-order valence-electron chi connectivity index (χ4n) is 4.47. The topological polar surface area (TPSA) is 77.1 Å². The molecule has 3 aromatic rings. The number of carbonyl (C=O) groups is 2. The van der Waals surface area contributed by atoms with E-state index in [0.717, 1.165) is 35.1 Å². The zero-order valence-corrected chi connectivity index (χ0v) is 20.1. The zero-order valence-electron chi connectivity index (χ0n) is 20.1. The van der Waals surface area contributed by atoms with Crippen molar-refractivity contribution in [2.45, 2.75) is 24.9 Å². The molecule has 1 heterocycles. The van der Waals surface area contributed by atoms with Crippen LogP contribution in [0.15, 0.2) is 60.7 Å². The Balaban J connectivity index is 0.00000304. The van der Waals surface area contributed by atoms with Crippen molar-refractivity contribution >= 4 is 17.5 Å². The number of nitrogens with one attached hydrogen (secondary N) is 1. The minimum Gasteiger partial charge on any atom is -0.454 e. The van der Waals surface area contributed by atoms with Crippen LogP contribution in [0.5, 0.6) is 11.5 Å². The molecule has 0 aromatic heterocycles. The van der Waals surface area contributed by atoms with Crippen LogP contribution in [0.1, 0.15) is 35.8 Å². The maximum atomic E-state index is 13.4. The average Bonchev–Trinajstić information content (AvgIpc) is 3.55. The molecule has 7 heteroatoms. The lowest BCUT2D eigenvalue weighted by atomic mass is 9.94. The molecule has 0 saturated heterocycles. The summed E-state index contributed by atoms with van der Waals surface area (Å²) < 4.78 is 16.3. The summed E-state index contributed by atoms with van der Waals surface area (Å²) in [4.78, 5) is 27.2. The smallest absolute Gasteiger partial charge is 0.253 e. The molecule has 0 bridgehead atoms. The quantitative estimate of drug-likeness (QED) is 0.530. The van der Waals surface area contributed by atoms with Crippen molar-refractivity contribution in [1.29, 1.82) is 0 Å². The summed E-state index contributed by atoms with van der Waals surface area (Å²) in [6.45, 7) is 0.641. The number of hydrogen-bond donors (Lipinski definition) is 1. The molecular formula is C28H30N2O5. The summed E-state index contributed by atoms with van der Waals surface area (Å²) >= 11 is 0. The standard InChI is InChI=1S/C28H28N2O5.H2/c1-30(2)26(31)19-6-4-18(5-7-19)23-15-22(10-8-20(23)16-33-3)29-27(32)28(12-13-28)21-9-11-24-25(14-21)35-17-34-24;/h4-11,14-15H,12-13,16-17H2,1-3H3,(H,29,32);1H. The number of carbonyl (C=O) groups excluding carboxylic acids is 2. The molecule has 2 amide bonds. The zero-order chi connectivity index (χ0) is 24.6. The van der Waals surface area contributed by atoms with Gasteiger partial charge in [-0.25, -0.2) is 0 Å². The molecule has 7 nitrogen and oxygen atoms in total. The van der Waals surface area contributed by atoms with Gasteiger partial charge in [-0.1, -0.05) is 24.3 Å². The van der Waals surface area contributed by atoms with Crippen LogP contribution in [0.3, 0.4) is 0 Å². The van der Waals surface area contributed by atoms with Gasteiger partial charge in [0.25, 0.3) is 5.91 Å². The van der Waals surface area contributed by atoms with Gasteiger partial charge in [-0.05, 0) is 71.5 Å². The number of fused-ring (bicyclic) bond motifs is 1. The minimum atomic E-state index is -0.555. The lowest BCUT2D eigenvalue weighted by Crippen LogP contribution is -2.27. The van der Waals surface area contributed by atoms with Gasteiger partial charge in [-0.15, -0.1) is 0 Å². The molecule has 182 valence electrons. The van der Waals surface area contributed by atoms with E-state index in [4.69, 9.17) is 14.2 Å². The Morgan fingerprint density at radius 2 is 1.74 bits per heavy atom. The van der Waals surface area contributed by atoms with Gasteiger partial charge in [0.1, 0.15) is 0 Å². The molecule has 5 rings (SSSR count). The highest BCUT2D eigenvalue weighted by Crippen LogP contribution is 2.51. The molecule has 35 heavy (non-hydrogen) atoms. The highest BCUT2D eigenvalue weighted by Gasteiger charge is 2.51. The van der Waals surface area contributed by atoms with Crippen molar-refractivity contribution in [3.63, 3.8) is 0 Å². The number of anilines is 1. The molecule has 1 N–H and O–H groups in total. The molecule has 0 atom stereocenters.